The van der Waals surface area contributed by atoms with Crippen LogP contribution in [0.5, 0.6) is 0 Å². The summed E-state index contributed by atoms with van der Waals surface area (Å²) in [6.45, 7) is -0.375. The van der Waals surface area contributed by atoms with Crippen LogP contribution in [-0.4, -0.2) is 51.5 Å². The Hall–Kier alpha value is -1.70. The van der Waals surface area contributed by atoms with Crippen molar-refractivity contribution < 1.29 is 24.9 Å². The normalized spacial score (nSPS) is 26.5. The topological polar surface area (TPSA) is 87.0 Å². The first-order chi connectivity index (χ1) is 11.6. The number of aliphatic hydroxyl groups is 3. The van der Waals surface area contributed by atoms with Crippen molar-refractivity contribution in [1.29, 1.82) is 0 Å². The fourth-order valence-electron chi connectivity index (χ4n) is 2.59. The third-order valence-corrected chi connectivity index (χ3v) is 5.14. The SMILES string of the molecule is O=C(c1ccccc1)c1ccccc1SC1O[C@H](CO)[C@H](O)[C@H]1O. The smallest absolute Gasteiger partial charge is 0.194 e. The predicted octanol–water partition coefficient (Wildman–Crippen LogP) is 1.45. The van der Waals surface area contributed by atoms with E-state index in [9.17, 15) is 20.1 Å². The third-order valence-electron chi connectivity index (χ3n) is 3.91. The van der Waals surface area contributed by atoms with E-state index in [1.54, 1.807) is 48.5 Å². The fraction of sp³-hybridized carbons (Fsp3) is 0.278. The number of ketones is 1. The highest BCUT2D eigenvalue weighted by Crippen LogP contribution is 2.36. The highest BCUT2D eigenvalue weighted by molar-refractivity contribution is 8.00. The Balaban J connectivity index is 1.84. The van der Waals surface area contributed by atoms with Crippen LogP contribution in [-0.2, 0) is 4.74 Å². The highest BCUT2D eigenvalue weighted by atomic mass is 32.2. The van der Waals surface area contributed by atoms with Crippen molar-refractivity contribution in [3.63, 3.8) is 0 Å². The molecule has 1 aliphatic heterocycles. The highest BCUT2D eigenvalue weighted by Gasteiger charge is 2.43. The van der Waals surface area contributed by atoms with Crippen LogP contribution in [0.4, 0.5) is 0 Å². The van der Waals surface area contributed by atoms with Gasteiger partial charge in [-0.2, -0.15) is 0 Å². The standard InChI is InChI=1S/C18H18O5S/c19-10-13-16(21)17(22)18(23-13)24-14-9-5-4-8-12(14)15(20)11-6-2-1-3-7-11/h1-9,13,16-19,21-22H,10H2/t13-,16+,17-,18?/m1/s1. The minimum absolute atomic E-state index is 0.120. The summed E-state index contributed by atoms with van der Waals surface area (Å²) < 4.78 is 5.48. The lowest BCUT2D eigenvalue weighted by molar-refractivity contribution is -0.00808. The van der Waals surface area contributed by atoms with Crippen LogP contribution in [0.25, 0.3) is 0 Å². The van der Waals surface area contributed by atoms with E-state index in [-0.39, 0.29) is 12.4 Å². The van der Waals surface area contributed by atoms with E-state index in [1.165, 1.54) is 11.8 Å². The molecule has 0 radical (unpaired) electrons. The van der Waals surface area contributed by atoms with Crippen LogP contribution in [0.1, 0.15) is 15.9 Å². The van der Waals surface area contributed by atoms with Crippen molar-refractivity contribution in [3.8, 4) is 0 Å². The Labute approximate surface area is 143 Å². The summed E-state index contributed by atoms with van der Waals surface area (Å²) in [5, 5.41) is 29.1. The van der Waals surface area contributed by atoms with Gasteiger partial charge in [-0.05, 0) is 12.1 Å². The Morgan fingerprint density at radius 3 is 2.33 bits per heavy atom. The number of hydrogen-bond acceptors (Lipinski definition) is 6. The molecule has 0 saturated carbocycles. The van der Waals surface area contributed by atoms with E-state index in [0.717, 1.165) is 0 Å². The molecule has 0 bridgehead atoms. The van der Waals surface area contributed by atoms with Gasteiger partial charge in [-0.25, -0.2) is 0 Å². The molecular formula is C18H18O5S. The molecule has 3 rings (SSSR count). The molecule has 126 valence electrons. The van der Waals surface area contributed by atoms with Crippen LogP contribution >= 0.6 is 11.8 Å². The van der Waals surface area contributed by atoms with Crippen LogP contribution in [0.3, 0.4) is 0 Å². The lowest BCUT2D eigenvalue weighted by Gasteiger charge is -2.16. The molecule has 0 aromatic heterocycles. The molecule has 0 aliphatic carbocycles. The molecule has 0 amide bonds. The first-order valence-corrected chi connectivity index (χ1v) is 8.47. The largest absolute Gasteiger partial charge is 0.394 e. The summed E-state index contributed by atoms with van der Waals surface area (Å²) in [5.74, 6) is -0.120. The first-order valence-electron chi connectivity index (χ1n) is 7.59. The van der Waals surface area contributed by atoms with Crippen LogP contribution in [0, 0.1) is 0 Å². The lowest BCUT2D eigenvalue weighted by atomic mass is 10.0. The molecule has 1 fully saturated rings. The second-order valence-electron chi connectivity index (χ2n) is 5.52. The van der Waals surface area contributed by atoms with Gasteiger partial charge in [-0.3, -0.25) is 4.79 Å². The van der Waals surface area contributed by atoms with Gasteiger partial charge < -0.3 is 20.1 Å². The van der Waals surface area contributed by atoms with Gasteiger partial charge in [0.2, 0.25) is 0 Å². The van der Waals surface area contributed by atoms with Crippen molar-refractivity contribution in [2.75, 3.05) is 6.61 Å². The van der Waals surface area contributed by atoms with Gasteiger partial charge in [-0.15, -0.1) is 0 Å². The Morgan fingerprint density at radius 1 is 1.00 bits per heavy atom. The minimum atomic E-state index is -1.15. The van der Waals surface area contributed by atoms with Gasteiger partial charge in [0.05, 0.1) is 6.61 Å². The number of thioether (sulfide) groups is 1. The quantitative estimate of drug-likeness (QED) is 0.711. The van der Waals surface area contributed by atoms with Gasteiger partial charge >= 0.3 is 0 Å². The molecule has 1 saturated heterocycles. The number of carbonyl (C=O) groups is 1. The molecule has 0 spiro atoms. The molecule has 2 aromatic carbocycles. The maximum absolute atomic E-state index is 12.7. The molecule has 2 aromatic rings. The van der Waals surface area contributed by atoms with Crippen molar-refractivity contribution in [3.05, 3.63) is 65.7 Å². The van der Waals surface area contributed by atoms with E-state index < -0.39 is 23.7 Å². The fourth-order valence-corrected chi connectivity index (χ4v) is 3.78. The number of aliphatic hydroxyl groups excluding tert-OH is 3. The number of ether oxygens (including phenoxy) is 1. The Bertz CT molecular complexity index is 706. The maximum atomic E-state index is 12.7. The lowest BCUT2D eigenvalue weighted by Crippen LogP contribution is -2.33. The van der Waals surface area contributed by atoms with Gasteiger partial charge in [0.25, 0.3) is 0 Å². The summed E-state index contributed by atoms with van der Waals surface area (Å²) in [4.78, 5) is 13.4. The average Bonchev–Trinajstić information content (AvgIpc) is 2.90. The summed E-state index contributed by atoms with van der Waals surface area (Å²) >= 11 is 1.17. The van der Waals surface area contributed by atoms with Crippen molar-refractivity contribution in [2.45, 2.75) is 28.6 Å². The maximum Gasteiger partial charge on any atom is 0.194 e. The Kier molecular flexibility index (Phi) is 5.33. The van der Waals surface area contributed by atoms with Crippen LogP contribution in [0.15, 0.2) is 59.5 Å². The molecule has 4 atom stereocenters. The summed E-state index contributed by atoms with van der Waals surface area (Å²) in [6, 6.07) is 16.0. The van der Waals surface area contributed by atoms with E-state index in [4.69, 9.17) is 4.74 Å². The number of benzene rings is 2. The van der Waals surface area contributed by atoms with Gasteiger partial charge in [0.1, 0.15) is 23.7 Å². The molecular weight excluding hydrogens is 328 g/mol. The number of hydrogen-bond donors (Lipinski definition) is 3. The molecule has 1 aliphatic rings. The van der Waals surface area contributed by atoms with Gasteiger partial charge in [0, 0.05) is 16.0 Å². The zero-order valence-corrected chi connectivity index (χ0v) is 13.6. The zero-order chi connectivity index (χ0) is 17.1. The summed E-state index contributed by atoms with van der Waals surface area (Å²) in [5.41, 5.74) is 0.333. The molecule has 24 heavy (non-hydrogen) atoms. The number of rotatable bonds is 5. The monoisotopic (exact) mass is 346 g/mol. The predicted molar refractivity (Wildman–Crippen MR) is 89.9 cm³/mol. The molecule has 1 unspecified atom stereocenters. The van der Waals surface area contributed by atoms with Crippen LogP contribution in [0.2, 0.25) is 0 Å². The number of carbonyl (C=O) groups excluding carboxylic acids is 1. The second kappa shape index (κ2) is 7.46. The van der Waals surface area contributed by atoms with Crippen LogP contribution < -0.4 is 0 Å². The second-order valence-corrected chi connectivity index (χ2v) is 6.66. The van der Waals surface area contributed by atoms with Gasteiger partial charge in [0.15, 0.2) is 5.78 Å². The minimum Gasteiger partial charge on any atom is -0.394 e. The van der Waals surface area contributed by atoms with Crippen molar-refractivity contribution >= 4 is 17.5 Å². The van der Waals surface area contributed by atoms with E-state index in [0.29, 0.717) is 16.0 Å². The molecule has 1 heterocycles. The van der Waals surface area contributed by atoms with E-state index in [2.05, 4.69) is 0 Å². The van der Waals surface area contributed by atoms with E-state index >= 15 is 0 Å². The third kappa shape index (κ3) is 3.38. The Morgan fingerprint density at radius 2 is 1.67 bits per heavy atom. The van der Waals surface area contributed by atoms with Crippen molar-refractivity contribution in [1.82, 2.24) is 0 Å². The van der Waals surface area contributed by atoms with E-state index in [1.807, 2.05) is 6.07 Å². The molecule has 6 heteroatoms. The summed E-state index contributed by atoms with van der Waals surface area (Å²) in [7, 11) is 0. The van der Waals surface area contributed by atoms with Gasteiger partial charge in [-0.1, -0.05) is 54.2 Å². The zero-order valence-electron chi connectivity index (χ0n) is 12.8. The molecule has 3 N–H and O–H groups in total. The molecule has 5 nitrogen and oxygen atoms in total. The average molecular weight is 346 g/mol. The van der Waals surface area contributed by atoms with Crippen molar-refractivity contribution in [2.24, 2.45) is 0 Å². The summed E-state index contributed by atoms with van der Waals surface area (Å²) in [6.07, 6.45) is -3.11. The first kappa shape index (κ1) is 17.1.